The van der Waals surface area contributed by atoms with E-state index in [1.54, 1.807) is 6.07 Å². The predicted molar refractivity (Wildman–Crippen MR) is 118 cm³/mol. The van der Waals surface area contributed by atoms with Gasteiger partial charge in [0, 0.05) is 17.9 Å². The number of furan rings is 1. The van der Waals surface area contributed by atoms with E-state index >= 15 is 0 Å². The van der Waals surface area contributed by atoms with Crippen molar-refractivity contribution in [3.63, 3.8) is 0 Å². The lowest BCUT2D eigenvalue weighted by atomic mass is 9.96. The molecule has 1 heterocycles. The SMILES string of the molecule is CCCCC[C@H](CC(=O)NO)C(=O)NCNC(=O)c1ccc(-c2cccc(OCC(F)(F)F)c2)o1. The number of hydroxylamine groups is 1. The maximum Gasteiger partial charge on any atom is 0.422 e. The molecule has 0 saturated heterocycles. The van der Waals surface area contributed by atoms with Crippen LogP contribution in [-0.4, -0.2) is 42.4 Å². The van der Waals surface area contributed by atoms with Gasteiger partial charge in [-0.25, -0.2) is 5.48 Å². The summed E-state index contributed by atoms with van der Waals surface area (Å²) in [5.41, 5.74) is 1.92. The summed E-state index contributed by atoms with van der Waals surface area (Å²) in [6.07, 6.45) is -1.65. The standard InChI is InChI=1S/C23H28F3N3O6/c1-2-3-4-6-16(12-20(30)29-33)21(31)27-14-28-22(32)19-10-9-18(35-19)15-7-5-8-17(11-15)34-13-23(24,25)26/h5,7-11,16,33H,2-4,6,12-14H2,1H3,(H,27,31)(H,28,32)(H,29,30)/t16-/m1/s1. The van der Waals surface area contributed by atoms with Crippen LogP contribution in [0.25, 0.3) is 11.3 Å². The van der Waals surface area contributed by atoms with Crippen LogP contribution in [0.5, 0.6) is 5.75 Å². The number of amides is 3. The van der Waals surface area contributed by atoms with Crippen LogP contribution in [0.15, 0.2) is 40.8 Å². The third-order valence-corrected chi connectivity index (χ3v) is 4.95. The Morgan fingerprint density at radius 3 is 2.57 bits per heavy atom. The van der Waals surface area contributed by atoms with Crippen molar-refractivity contribution < 1.29 is 41.9 Å². The second-order valence-corrected chi connectivity index (χ2v) is 7.75. The topological polar surface area (TPSA) is 130 Å². The number of hydrogen-bond donors (Lipinski definition) is 4. The molecule has 2 aromatic rings. The average Bonchev–Trinajstić information content (AvgIpc) is 3.32. The quantitative estimate of drug-likeness (QED) is 0.144. The van der Waals surface area contributed by atoms with Crippen LogP contribution < -0.4 is 20.9 Å². The van der Waals surface area contributed by atoms with E-state index in [4.69, 9.17) is 14.4 Å². The Balaban J connectivity index is 1.91. The van der Waals surface area contributed by atoms with Gasteiger partial charge in [0.1, 0.15) is 11.5 Å². The normalized spacial score (nSPS) is 12.0. The first-order chi connectivity index (χ1) is 16.6. The molecule has 0 spiro atoms. The first-order valence-electron chi connectivity index (χ1n) is 11.0. The zero-order valence-corrected chi connectivity index (χ0v) is 19.1. The maximum atomic E-state index is 12.4. The molecule has 192 valence electrons. The van der Waals surface area contributed by atoms with Gasteiger partial charge < -0.3 is 19.8 Å². The number of unbranched alkanes of at least 4 members (excludes halogenated alkanes) is 2. The number of nitrogens with one attached hydrogen (secondary N) is 3. The molecular formula is C23H28F3N3O6. The third kappa shape index (κ3) is 9.69. The van der Waals surface area contributed by atoms with Gasteiger partial charge in [-0.3, -0.25) is 19.6 Å². The van der Waals surface area contributed by atoms with Gasteiger partial charge in [0.25, 0.3) is 5.91 Å². The van der Waals surface area contributed by atoms with Crippen molar-refractivity contribution in [3.05, 3.63) is 42.2 Å². The van der Waals surface area contributed by atoms with Crippen molar-refractivity contribution in [2.24, 2.45) is 5.92 Å². The van der Waals surface area contributed by atoms with Crippen molar-refractivity contribution >= 4 is 17.7 Å². The highest BCUT2D eigenvalue weighted by Crippen LogP contribution is 2.27. The molecule has 0 radical (unpaired) electrons. The minimum atomic E-state index is -4.47. The smallest absolute Gasteiger partial charge is 0.422 e. The number of rotatable bonds is 13. The minimum absolute atomic E-state index is 0.00619. The molecule has 0 aliphatic carbocycles. The summed E-state index contributed by atoms with van der Waals surface area (Å²) in [5.74, 6) is -2.25. The van der Waals surface area contributed by atoms with E-state index in [-0.39, 0.29) is 30.4 Å². The number of alkyl halides is 3. The molecule has 1 aromatic carbocycles. The molecule has 1 atom stereocenters. The van der Waals surface area contributed by atoms with Crippen molar-refractivity contribution in [1.82, 2.24) is 16.1 Å². The van der Waals surface area contributed by atoms with Crippen LogP contribution in [0.4, 0.5) is 13.2 Å². The number of hydrogen-bond acceptors (Lipinski definition) is 6. The molecule has 12 heteroatoms. The molecule has 0 aliphatic rings. The highest BCUT2D eigenvalue weighted by atomic mass is 19.4. The molecule has 0 bridgehead atoms. The first kappa shape index (κ1) is 27.7. The van der Waals surface area contributed by atoms with E-state index in [1.807, 2.05) is 6.92 Å². The zero-order valence-electron chi connectivity index (χ0n) is 19.1. The number of benzene rings is 1. The van der Waals surface area contributed by atoms with E-state index in [1.165, 1.54) is 35.8 Å². The first-order valence-corrected chi connectivity index (χ1v) is 11.0. The highest BCUT2D eigenvalue weighted by molar-refractivity contribution is 5.92. The van der Waals surface area contributed by atoms with Crippen LogP contribution in [0.3, 0.4) is 0 Å². The fourth-order valence-electron chi connectivity index (χ4n) is 3.20. The minimum Gasteiger partial charge on any atom is -0.484 e. The van der Waals surface area contributed by atoms with E-state index in [0.717, 1.165) is 19.3 Å². The summed E-state index contributed by atoms with van der Waals surface area (Å²) in [4.78, 5) is 36.2. The van der Waals surface area contributed by atoms with E-state index in [0.29, 0.717) is 12.0 Å². The Kier molecular flexibility index (Phi) is 10.6. The molecule has 9 nitrogen and oxygen atoms in total. The Morgan fingerprint density at radius 2 is 1.89 bits per heavy atom. The van der Waals surface area contributed by atoms with Crippen molar-refractivity contribution in [2.45, 2.75) is 45.2 Å². The van der Waals surface area contributed by atoms with Crippen molar-refractivity contribution in [3.8, 4) is 17.1 Å². The van der Waals surface area contributed by atoms with Crippen molar-refractivity contribution in [2.75, 3.05) is 13.3 Å². The summed E-state index contributed by atoms with van der Waals surface area (Å²) in [6.45, 7) is 0.348. The van der Waals surface area contributed by atoms with Crippen molar-refractivity contribution in [1.29, 1.82) is 0 Å². The molecule has 3 amide bonds. The molecular weight excluding hydrogens is 471 g/mol. The van der Waals surface area contributed by atoms with Gasteiger partial charge >= 0.3 is 6.18 Å². The van der Waals surface area contributed by atoms with Gasteiger partial charge in [-0.1, -0.05) is 38.3 Å². The van der Waals surface area contributed by atoms with Gasteiger partial charge in [0.15, 0.2) is 12.4 Å². The van der Waals surface area contributed by atoms with Crippen LogP contribution in [0.1, 0.15) is 49.6 Å². The van der Waals surface area contributed by atoms with Crippen LogP contribution in [-0.2, 0) is 9.59 Å². The average molecular weight is 499 g/mol. The second kappa shape index (κ2) is 13.4. The number of halogens is 3. The summed E-state index contributed by atoms with van der Waals surface area (Å²) < 4.78 is 47.3. The molecule has 0 saturated carbocycles. The molecule has 2 rings (SSSR count). The highest BCUT2D eigenvalue weighted by Gasteiger charge is 2.28. The Labute approximate surface area is 200 Å². The fourth-order valence-corrected chi connectivity index (χ4v) is 3.20. The lowest BCUT2D eigenvalue weighted by Gasteiger charge is -2.16. The Bertz CT molecular complexity index is 993. The van der Waals surface area contributed by atoms with Crippen LogP contribution in [0, 0.1) is 5.92 Å². The summed E-state index contributed by atoms with van der Waals surface area (Å²) in [7, 11) is 0. The van der Waals surface area contributed by atoms with E-state index < -0.39 is 36.4 Å². The summed E-state index contributed by atoms with van der Waals surface area (Å²) >= 11 is 0. The van der Waals surface area contributed by atoms with E-state index in [9.17, 15) is 27.6 Å². The summed E-state index contributed by atoms with van der Waals surface area (Å²) in [6, 6.07) is 8.67. The Morgan fingerprint density at radius 1 is 1.11 bits per heavy atom. The van der Waals surface area contributed by atoms with Gasteiger partial charge in [-0.15, -0.1) is 0 Å². The van der Waals surface area contributed by atoms with Crippen LogP contribution >= 0.6 is 0 Å². The van der Waals surface area contributed by atoms with Gasteiger partial charge in [0.2, 0.25) is 11.8 Å². The van der Waals surface area contributed by atoms with Gasteiger partial charge in [0.05, 0.1) is 6.67 Å². The molecule has 0 aliphatic heterocycles. The third-order valence-electron chi connectivity index (χ3n) is 4.95. The second-order valence-electron chi connectivity index (χ2n) is 7.75. The lowest BCUT2D eigenvalue weighted by Crippen LogP contribution is -2.41. The fraction of sp³-hybridized carbons (Fsp3) is 0.435. The maximum absolute atomic E-state index is 12.4. The molecule has 4 N–H and O–H groups in total. The predicted octanol–water partition coefficient (Wildman–Crippen LogP) is 3.78. The lowest BCUT2D eigenvalue weighted by molar-refractivity contribution is -0.153. The number of carbonyl (C=O) groups is 3. The molecule has 35 heavy (non-hydrogen) atoms. The molecule has 0 fully saturated rings. The number of ether oxygens (including phenoxy) is 1. The van der Waals surface area contributed by atoms with Gasteiger partial charge in [-0.2, -0.15) is 13.2 Å². The zero-order chi connectivity index (χ0) is 25.8. The van der Waals surface area contributed by atoms with Gasteiger partial charge in [-0.05, 0) is 30.7 Å². The summed E-state index contributed by atoms with van der Waals surface area (Å²) in [5, 5.41) is 13.7. The molecule has 1 aromatic heterocycles. The van der Waals surface area contributed by atoms with Crippen LogP contribution in [0.2, 0.25) is 0 Å². The largest absolute Gasteiger partial charge is 0.484 e. The molecule has 0 unspecified atom stereocenters. The Hall–Kier alpha value is -3.54. The van der Waals surface area contributed by atoms with E-state index in [2.05, 4.69) is 10.6 Å². The number of carbonyl (C=O) groups excluding carboxylic acids is 3. The monoisotopic (exact) mass is 499 g/mol.